The van der Waals surface area contributed by atoms with Crippen molar-refractivity contribution in [3.8, 4) is 0 Å². The van der Waals surface area contributed by atoms with Gasteiger partial charge in [0.1, 0.15) is 0 Å². The molecule has 0 aromatic heterocycles. The van der Waals surface area contributed by atoms with E-state index in [0.29, 0.717) is 17.8 Å². The molecule has 1 fully saturated rings. The van der Waals surface area contributed by atoms with Crippen LogP contribution >= 0.6 is 0 Å². The molecule has 0 amide bonds. The van der Waals surface area contributed by atoms with Crippen LogP contribution in [-0.4, -0.2) is 11.2 Å². The van der Waals surface area contributed by atoms with Crippen LogP contribution in [0.2, 0.25) is 0 Å². The van der Waals surface area contributed by atoms with Crippen LogP contribution in [0.25, 0.3) is 0 Å². The van der Waals surface area contributed by atoms with Crippen molar-refractivity contribution in [1.82, 2.24) is 0 Å². The fraction of sp³-hybridized carbons (Fsp3) is 0.567. The van der Waals surface area contributed by atoms with E-state index >= 15 is 0 Å². The summed E-state index contributed by atoms with van der Waals surface area (Å²) in [6.07, 6.45) is 18.1. The molecule has 1 aromatic rings. The zero-order valence-electron chi connectivity index (χ0n) is 20.8. The molecule has 1 nitrogen and oxygen atoms in total. The number of aliphatic hydroxyl groups excluding tert-OH is 1. The zero-order valence-corrected chi connectivity index (χ0v) is 21.8. The molecule has 183 valence electrons. The Labute approximate surface area is 210 Å². The van der Waals surface area contributed by atoms with Gasteiger partial charge in [-0.25, -0.2) is 0 Å². The van der Waals surface area contributed by atoms with E-state index in [2.05, 4.69) is 70.2 Å². The molecule has 0 saturated heterocycles. The number of aryl methyl sites for hydroxylation is 2. The quantitative estimate of drug-likeness (QED) is 0.171. The maximum atomic E-state index is 10.5. The van der Waals surface area contributed by atoms with Crippen molar-refractivity contribution in [3.63, 3.8) is 0 Å². The smallest absolute Gasteiger partial charge is 0.392 e. The molecule has 2 heteroatoms. The second kappa shape index (κ2) is 18.6. The third-order valence-corrected chi connectivity index (χ3v) is 5.99. The number of rotatable bonds is 8. The number of fused-ring (bicyclic) bond motifs is 1. The number of aliphatic hydroxyl groups is 1. The third kappa shape index (κ3) is 11.3. The molecule has 2 aliphatic rings. The average Bonchev–Trinajstić information content (AvgIpc) is 3.24. The molecule has 32 heavy (non-hydrogen) atoms. The summed E-state index contributed by atoms with van der Waals surface area (Å²) < 4.78 is 0. The first-order valence-electron chi connectivity index (χ1n) is 12.5. The molecule has 1 N–H and O–H groups in total. The van der Waals surface area contributed by atoms with Crippen molar-refractivity contribution in [2.24, 2.45) is 17.8 Å². The zero-order chi connectivity index (χ0) is 23.1. The van der Waals surface area contributed by atoms with Crippen molar-refractivity contribution >= 4 is 0 Å². The van der Waals surface area contributed by atoms with Gasteiger partial charge in [0.25, 0.3) is 0 Å². The number of hydrogen-bond acceptors (Lipinski definition) is 1. The van der Waals surface area contributed by atoms with Crippen LogP contribution in [0, 0.1) is 45.4 Å². The Balaban J connectivity index is 0.00000124. The van der Waals surface area contributed by atoms with Gasteiger partial charge in [0.2, 0.25) is 0 Å². The molecule has 0 spiro atoms. The van der Waals surface area contributed by atoms with Crippen molar-refractivity contribution < 1.29 is 21.6 Å². The van der Waals surface area contributed by atoms with Crippen LogP contribution < -0.4 is 0 Å². The Hall–Kier alpha value is -0.846. The van der Waals surface area contributed by atoms with Crippen LogP contribution in [0.5, 0.6) is 0 Å². The normalized spacial score (nSPS) is 23.4. The minimum Gasteiger partial charge on any atom is -0.392 e. The average molecular weight is 482 g/mol. The van der Waals surface area contributed by atoms with Gasteiger partial charge in [0.15, 0.2) is 0 Å². The fourth-order valence-electron chi connectivity index (χ4n) is 4.69. The molecule has 4 atom stereocenters. The third-order valence-electron chi connectivity index (χ3n) is 5.99. The number of allylic oxidation sites excluding steroid dienone is 3. The SMILES string of the molecule is [CH2-]CC.[CH2-]CC.[CH2-]CCCCC1=CC2CC(O)C(/C=C/CCc3cccc(C)c3)C2C1.[Ni+3]. The molecular formula is C30H47NiO. The molecule has 2 aliphatic carbocycles. The largest absolute Gasteiger partial charge is 3.00 e. The molecule has 1 saturated carbocycles. The Kier molecular flexibility index (Phi) is 18.1. The summed E-state index contributed by atoms with van der Waals surface area (Å²) in [4.78, 5) is 0. The fourth-order valence-corrected chi connectivity index (χ4v) is 4.69. The molecule has 1 aromatic carbocycles. The molecular weight excluding hydrogens is 435 g/mol. The molecule has 4 unspecified atom stereocenters. The Morgan fingerprint density at radius 2 is 1.75 bits per heavy atom. The van der Waals surface area contributed by atoms with Gasteiger partial charge >= 0.3 is 16.5 Å². The molecule has 1 radical (unpaired) electrons. The van der Waals surface area contributed by atoms with E-state index in [-0.39, 0.29) is 22.6 Å². The van der Waals surface area contributed by atoms with Gasteiger partial charge in [-0.15, -0.1) is 0 Å². The van der Waals surface area contributed by atoms with Crippen molar-refractivity contribution in [2.75, 3.05) is 0 Å². The standard InChI is InChI=1S/C24H33O.2C3H7.Ni/c1-3-4-5-11-20-15-21-17-24(25)22(23(21)16-20)13-7-6-10-19-12-8-9-18(2)14-19;2*1-3-2;/h7-9,12-15,21-25H,1,3-6,10-11,16-17H2,2H3;2*1,3H2,2H3;/q3*-1;+3/b13-7+;;;. The topological polar surface area (TPSA) is 20.2 Å². The predicted molar refractivity (Wildman–Crippen MR) is 138 cm³/mol. The Bertz CT molecular complexity index is 646. The first-order chi connectivity index (χ1) is 15.0. The van der Waals surface area contributed by atoms with Gasteiger partial charge in [-0.3, -0.25) is 0 Å². The summed E-state index contributed by atoms with van der Waals surface area (Å²) in [5, 5.41) is 10.5. The number of unbranched alkanes of at least 4 members (excludes halogenated alkanes) is 2. The van der Waals surface area contributed by atoms with E-state index in [1.54, 1.807) is 5.57 Å². The van der Waals surface area contributed by atoms with E-state index in [1.807, 2.05) is 13.8 Å². The van der Waals surface area contributed by atoms with Gasteiger partial charge in [-0.1, -0.05) is 80.3 Å². The van der Waals surface area contributed by atoms with E-state index in [9.17, 15) is 5.11 Å². The van der Waals surface area contributed by atoms with Crippen LogP contribution in [0.4, 0.5) is 0 Å². The summed E-state index contributed by atoms with van der Waals surface area (Å²) in [6, 6.07) is 8.77. The van der Waals surface area contributed by atoms with Crippen molar-refractivity contribution in [3.05, 3.63) is 80.0 Å². The first kappa shape index (κ1) is 31.2. The first-order valence-corrected chi connectivity index (χ1v) is 12.5. The second-order valence-corrected chi connectivity index (χ2v) is 9.00. The van der Waals surface area contributed by atoms with Crippen LogP contribution in [0.1, 0.15) is 82.8 Å². The summed E-state index contributed by atoms with van der Waals surface area (Å²) in [6.45, 7) is 17.1. The van der Waals surface area contributed by atoms with Gasteiger partial charge in [0, 0.05) is 5.92 Å². The van der Waals surface area contributed by atoms with E-state index in [4.69, 9.17) is 0 Å². The van der Waals surface area contributed by atoms with E-state index in [0.717, 1.165) is 38.5 Å². The van der Waals surface area contributed by atoms with Gasteiger partial charge in [-0.2, -0.15) is 19.3 Å². The number of hydrogen-bond donors (Lipinski definition) is 1. The van der Waals surface area contributed by atoms with Crippen LogP contribution in [0.3, 0.4) is 0 Å². The summed E-state index contributed by atoms with van der Waals surface area (Å²) in [5.74, 6) is 1.60. The summed E-state index contributed by atoms with van der Waals surface area (Å²) in [7, 11) is 0. The van der Waals surface area contributed by atoms with Gasteiger partial charge < -0.3 is 25.9 Å². The molecule has 0 heterocycles. The number of benzene rings is 1. The van der Waals surface area contributed by atoms with Crippen LogP contribution in [0.15, 0.2) is 48.1 Å². The summed E-state index contributed by atoms with van der Waals surface area (Å²) >= 11 is 0. The van der Waals surface area contributed by atoms with Crippen molar-refractivity contribution in [2.45, 2.75) is 91.1 Å². The summed E-state index contributed by atoms with van der Waals surface area (Å²) in [5.41, 5.74) is 4.37. The van der Waals surface area contributed by atoms with Crippen LogP contribution in [-0.2, 0) is 22.9 Å². The molecule has 3 rings (SSSR count). The molecule has 0 aliphatic heterocycles. The van der Waals surface area contributed by atoms with Gasteiger partial charge in [0.05, 0.1) is 6.10 Å². The van der Waals surface area contributed by atoms with Gasteiger partial charge in [-0.05, 0) is 56.4 Å². The minimum absolute atomic E-state index is 0. The second-order valence-electron chi connectivity index (χ2n) is 9.00. The predicted octanol–water partition coefficient (Wildman–Crippen LogP) is 8.28. The van der Waals surface area contributed by atoms with E-state index < -0.39 is 0 Å². The Morgan fingerprint density at radius 1 is 1.06 bits per heavy atom. The maximum absolute atomic E-state index is 10.5. The minimum atomic E-state index is -0.150. The maximum Gasteiger partial charge on any atom is 3.00 e. The van der Waals surface area contributed by atoms with Crippen molar-refractivity contribution in [1.29, 1.82) is 0 Å². The monoisotopic (exact) mass is 481 g/mol. The molecule has 0 bridgehead atoms. The Morgan fingerprint density at radius 3 is 2.38 bits per heavy atom. The van der Waals surface area contributed by atoms with E-state index in [1.165, 1.54) is 36.8 Å².